The lowest BCUT2D eigenvalue weighted by Gasteiger charge is -2.02. The molecule has 0 saturated carbocycles. The van der Waals surface area contributed by atoms with E-state index in [1.165, 1.54) is 5.39 Å². The van der Waals surface area contributed by atoms with Crippen LogP contribution < -0.4 is 0 Å². The van der Waals surface area contributed by atoms with Crippen LogP contribution in [0.2, 0.25) is 0 Å². The maximum atomic E-state index is 8.82. The Labute approximate surface area is 83.2 Å². The molecule has 0 bridgehead atoms. The Bertz CT molecular complexity index is 451. The maximum Gasteiger partial charge on any atom is 0.0471 e. The number of nitrogens with zero attached hydrogens (tertiary/aromatic N) is 1. The van der Waals surface area contributed by atoms with E-state index < -0.39 is 0 Å². The Morgan fingerprint density at radius 2 is 2.07 bits per heavy atom. The number of rotatable bonds is 2. The summed E-state index contributed by atoms with van der Waals surface area (Å²) in [6, 6.07) is 8.28. The van der Waals surface area contributed by atoms with E-state index in [4.69, 9.17) is 5.11 Å². The molecule has 0 saturated heterocycles. The lowest BCUT2D eigenvalue weighted by atomic mass is 10.1. The highest BCUT2D eigenvalue weighted by atomic mass is 16.2. The zero-order valence-electron chi connectivity index (χ0n) is 8.20. The number of fused-ring (bicyclic) bond motifs is 1. The van der Waals surface area contributed by atoms with Crippen molar-refractivity contribution in [3.8, 4) is 0 Å². The van der Waals surface area contributed by atoms with Gasteiger partial charge >= 0.3 is 0 Å². The van der Waals surface area contributed by atoms with Gasteiger partial charge in [0.15, 0.2) is 0 Å². The molecule has 0 amide bonds. The Balaban J connectivity index is 2.50. The first kappa shape index (κ1) is 9.16. The number of pyridine rings is 1. The molecule has 2 nitrogen and oxygen atoms in total. The van der Waals surface area contributed by atoms with E-state index in [-0.39, 0.29) is 6.61 Å². The van der Waals surface area contributed by atoms with Crippen LogP contribution in [0.4, 0.5) is 0 Å². The van der Waals surface area contributed by atoms with Crippen LogP contribution in [0.15, 0.2) is 30.5 Å². The Morgan fingerprint density at radius 3 is 2.86 bits per heavy atom. The molecule has 0 aliphatic carbocycles. The molecule has 1 aromatic heterocycles. The molecule has 0 aliphatic heterocycles. The zero-order valence-corrected chi connectivity index (χ0v) is 8.20. The van der Waals surface area contributed by atoms with Crippen molar-refractivity contribution >= 4 is 10.8 Å². The van der Waals surface area contributed by atoms with Crippen molar-refractivity contribution < 1.29 is 5.11 Å². The Hall–Kier alpha value is -1.41. The van der Waals surface area contributed by atoms with Gasteiger partial charge in [-0.25, -0.2) is 0 Å². The third-order valence-corrected chi connectivity index (χ3v) is 2.32. The average Bonchev–Trinajstić information content (AvgIpc) is 2.19. The molecule has 0 radical (unpaired) electrons. The molecule has 0 fully saturated rings. The van der Waals surface area contributed by atoms with Gasteiger partial charge in [-0.3, -0.25) is 4.98 Å². The predicted octanol–water partition coefficient (Wildman–Crippen LogP) is 2.08. The standard InChI is InChI=1S/C12H13NO/c1-9-6-11-3-2-10(4-5-14)7-12(11)8-13-9/h2-3,6-8,14H,4-5H2,1H3. The van der Waals surface area contributed by atoms with Crippen LogP contribution in [-0.2, 0) is 6.42 Å². The van der Waals surface area contributed by atoms with Gasteiger partial charge in [-0.05, 0) is 36.4 Å². The normalized spacial score (nSPS) is 10.7. The van der Waals surface area contributed by atoms with Crippen molar-refractivity contribution in [2.75, 3.05) is 6.61 Å². The first-order valence-corrected chi connectivity index (χ1v) is 4.76. The zero-order chi connectivity index (χ0) is 9.97. The highest BCUT2D eigenvalue weighted by Gasteiger charge is 1.97. The van der Waals surface area contributed by atoms with E-state index in [9.17, 15) is 0 Å². The van der Waals surface area contributed by atoms with Crippen LogP contribution >= 0.6 is 0 Å². The first-order chi connectivity index (χ1) is 6.79. The van der Waals surface area contributed by atoms with Gasteiger partial charge in [-0.2, -0.15) is 0 Å². The van der Waals surface area contributed by atoms with Gasteiger partial charge < -0.3 is 5.11 Å². The van der Waals surface area contributed by atoms with E-state index in [1.807, 2.05) is 13.1 Å². The first-order valence-electron chi connectivity index (χ1n) is 4.76. The fourth-order valence-corrected chi connectivity index (χ4v) is 1.59. The minimum absolute atomic E-state index is 0.199. The largest absolute Gasteiger partial charge is 0.396 e. The van der Waals surface area contributed by atoms with Gasteiger partial charge in [-0.15, -0.1) is 0 Å². The van der Waals surface area contributed by atoms with Crippen molar-refractivity contribution in [3.05, 3.63) is 41.7 Å². The molecule has 2 rings (SSSR count). The van der Waals surface area contributed by atoms with Crippen LogP contribution in [0.5, 0.6) is 0 Å². The quantitative estimate of drug-likeness (QED) is 0.780. The number of aryl methyl sites for hydroxylation is 1. The predicted molar refractivity (Wildman–Crippen MR) is 57.3 cm³/mol. The summed E-state index contributed by atoms with van der Waals surface area (Å²) < 4.78 is 0. The van der Waals surface area contributed by atoms with Crippen LogP contribution in [0, 0.1) is 6.92 Å². The molecule has 1 N–H and O–H groups in total. The van der Waals surface area contributed by atoms with Crippen molar-refractivity contribution in [1.82, 2.24) is 4.98 Å². The Morgan fingerprint density at radius 1 is 1.21 bits per heavy atom. The summed E-state index contributed by atoms with van der Waals surface area (Å²) in [4.78, 5) is 4.25. The molecule has 2 heteroatoms. The second-order valence-electron chi connectivity index (χ2n) is 3.48. The summed E-state index contributed by atoms with van der Waals surface area (Å²) in [7, 11) is 0. The van der Waals surface area contributed by atoms with Crippen LogP contribution in [0.25, 0.3) is 10.8 Å². The van der Waals surface area contributed by atoms with E-state index in [2.05, 4.69) is 29.2 Å². The van der Waals surface area contributed by atoms with Gasteiger partial charge in [0.2, 0.25) is 0 Å². The molecule has 0 unspecified atom stereocenters. The number of hydrogen-bond acceptors (Lipinski definition) is 2. The third kappa shape index (κ3) is 1.75. The summed E-state index contributed by atoms with van der Waals surface area (Å²) in [5.41, 5.74) is 2.19. The molecule has 14 heavy (non-hydrogen) atoms. The second-order valence-corrected chi connectivity index (χ2v) is 3.48. The number of benzene rings is 1. The smallest absolute Gasteiger partial charge is 0.0471 e. The SMILES string of the molecule is Cc1cc2ccc(CCO)cc2cn1. The number of aromatic nitrogens is 1. The topological polar surface area (TPSA) is 33.1 Å². The number of hydrogen-bond donors (Lipinski definition) is 1. The summed E-state index contributed by atoms with van der Waals surface area (Å²) in [5.74, 6) is 0. The van der Waals surface area contributed by atoms with Crippen LogP contribution in [-0.4, -0.2) is 16.7 Å². The van der Waals surface area contributed by atoms with Crippen LogP contribution in [0.3, 0.4) is 0 Å². The maximum absolute atomic E-state index is 8.82. The molecule has 0 spiro atoms. The van der Waals surface area contributed by atoms with Gasteiger partial charge in [0.25, 0.3) is 0 Å². The van der Waals surface area contributed by atoms with E-state index in [1.54, 1.807) is 0 Å². The molecule has 0 atom stereocenters. The van der Waals surface area contributed by atoms with Gasteiger partial charge in [0, 0.05) is 23.9 Å². The van der Waals surface area contributed by atoms with Gasteiger partial charge in [0.05, 0.1) is 0 Å². The fourth-order valence-electron chi connectivity index (χ4n) is 1.59. The molecule has 0 aliphatic rings. The highest BCUT2D eigenvalue weighted by Crippen LogP contribution is 2.16. The van der Waals surface area contributed by atoms with Crippen molar-refractivity contribution in [3.63, 3.8) is 0 Å². The van der Waals surface area contributed by atoms with E-state index in [0.717, 1.165) is 16.6 Å². The molecular formula is C12H13NO. The van der Waals surface area contributed by atoms with Gasteiger partial charge in [0.1, 0.15) is 0 Å². The lowest BCUT2D eigenvalue weighted by Crippen LogP contribution is -1.90. The Kier molecular flexibility index (Phi) is 2.46. The summed E-state index contributed by atoms with van der Waals surface area (Å²) >= 11 is 0. The fraction of sp³-hybridized carbons (Fsp3) is 0.250. The third-order valence-electron chi connectivity index (χ3n) is 2.32. The van der Waals surface area contributed by atoms with Crippen molar-refractivity contribution in [2.24, 2.45) is 0 Å². The second kappa shape index (κ2) is 3.76. The van der Waals surface area contributed by atoms with Crippen molar-refractivity contribution in [1.29, 1.82) is 0 Å². The molecule has 1 aromatic carbocycles. The highest BCUT2D eigenvalue weighted by molar-refractivity contribution is 5.82. The molecule has 72 valence electrons. The summed E-state index contributed by atoms with van der Waals surface area (Å²) in [6.07, 6.45) is 2.59. The minimum atomic E-state index is 0.199. The summed E-state index contributed by atoms with van der Waals surface area (Å²) in [6.45, 7) is 2.19. The molecular weight excluding hydrogens is 174 g/mol. The van der Waals surface area contributed by atoms with E-state index in [0.29, 0.717) is 6.42 Å². The monoisotopic (exact) mass is 187 g/mol. The van der Waals surface area contributed by atoms with Gasteiger partial charge in [-0.1, -0.05) is 12.1 Å². The van der Waals surface area contributed by atoms with E-state index >= 15 is 0 Å². The lowest BCUT2D eigenvalue weighted by molar-refractivity contribution is 0.299. The number of aliphatic hydroxyl groups excluding tert-OH is 1. The number of aliphatic hydroxyl groups is 1. The minimum Gasteiger partial charge on any atom is -0.396 e. The molecule has 2 aromatic rings. The van der Waals surface area contributed by atoms with Crippen molar-refractivity contribution in [2.45, 2.75) is 13.3 Å². The van der Waals surface area contributed by atoms with Crippen LogP contribution in [0.1, 0.15) is 11.3 Å². The summed E-state index contributed by atoms with van der Waals surface area (Å²) in [5, 5.41) is 11.2. The average molecular weight is 187 g/mol. The molecule has 1 heterocycles.